The topological polar surface area (TPSA) is 55.4 Å². The Labute approximate surface area is 136 Å². The Morgan fingerprint density at radius 1 is 1.04 bits per heavy atom. The number of benzene rings is 2. The van der Waals surface area contributed by atoms with E-state index in [-0.39, 0.29) is 11.3 Å². The highest BCUT2D eigenvalue weighted by Gasteiger charge is 2.30. The molecule has 2 aromatic carbocycles. The quantitative estimate of drug-likeness (QED) is 0.861. The summed E-state index contributed by atoms with van der Waals surface area (Å²) in [5.41, 5.74) is -0.636. The number of halogens is 3. The van der Waals surface area contributed by atoms with Crippen molar-refractivity contribution in [1.29, 1.82) is 0 Å². The van der Waals surface area contributed by atoms with E-state index in [1.165, 1.54) is 31.2 Å². The van der Waals surface area contributed by atoms with Crippen LogP contribution in [0.25, 0.3) is 0 Å². The molecule has 2 aromatic rings. The molecule has 0 radical (unpaired) electrons. The first-order valence-electron chi connectivity index (χ1n) is 7.01. The van der Waals surface area contributed by atoms with Gasteiger partial charge in [-0.3, -0.25) is 4.79 Å². The van der Waals surface area contributed by atoms with Crippen LogP contribution >= 0.6 is 0 Å². The molecule has 0 aromatic heterocycles. The summed E-state index contributed by atoms with van der Waals surface area (Å²) in [6, 6.07) is 12.3. The van der Waals surface area contributed by atoms with Crippen LogP contribution in [0.2, 0.25) is 0 Å². The Balaban J connectivity index is 2.00. The van der Waals surface area contributed by atoms with Crippen molar-refractivity contribution in [2.45, 2.75) is 19.2 Å². The molecule has 0 spiro atoms. The summed E-state index contributed by atoms with van der Waals surface area (Å²) >= 11 is 0. The fourth-order valence-electron chi connectivity index (χ4n) is 1.87. The highest BCUT2D eigenvalue weighted by Crippen LogP contribution is 2.30. The summed E-state index contributed by atoms with van der Waals surface area (Å²) in [5, 5.41) is 2.29. The maximum Gasteiger partial charge on any atom is 0.416 e. The molecule has 7 heteroatoms. The van der Waals surface area contributed by atoms with Crippen molar-refractivity contribution < 1.29 is 27.5 Å². The van der Waals surface area contributed by atoms with Gasteiger partial charge in [-0.25, -0.2) is 4.79 Å². The van der Waals surface area contributed by atoms with Crippen LogP contribution in [0.15, 0.2) is 54.6 Å². The second-order valence-electron chi connectivity index (χ2n) is 4.98. The molecule has 0 aliphatic heterocycles. The van der Waals surface area contributed by atoms with Gasteiger partial charge in [0.2, 0.25) is 0 Å². The average molecular weight is 337 g/mol. The van der Waals surface area contributed by atoms with Gasteiger partial charge >= 0.3 is 12.1 Å². The average Bonchev–Trinajstić information content (AvgIpc) is 2.55. The smallest absolute Gasteiger partial charge is 0.416 e. The summed E-state index contributed by atoms with van der Waals surface area (Å²) < 4.78 is 42.9. The molecule has 0 heterocycles. The van der Waals surface area contributed by atoms with E-state index < -0.39 is 29.7 Å². The van der Waals surface area contributed by atoms with Crippen molar-refractivity contribution in [3.05, 3.63) is 65.7 Å². The van der Waals surface area contributed by atoms with E-state index in [2.05, 4.69) is 5.32 Å². The molecule has 1 amide bonds. The lowest BCUT2D eigenvalue weighted by Gasteiger charge is -2.14. The number of hydrogen-bond donors (Lipinski definition) is 1. The number of anilines is 1. The van der Waals surface area contributed by atoms with Gasteiger partial charge in [0.25, 0.3) is 5.91 Å². The maximum absolute atomic E-state index is 12.6. The van der Waals surface area contributed by atoms with Crippen LogP contribution in [0.4, 0.5) is 18.9 Å². The monoisotopic (exact) mass is 337 g/mol. The van der Waals surface area contributed by atoms with E-state index in [0.29, 0.717) is 0 Å². The van der Waals surface area contributed by atoms with Crippen LogP contribution in [-0.2, 0) is 15.7 Å². The van der Waals surface area contributed by atoms with Gasteiger partial charge in [0.05, 0.1) is 11.1 Å². The van der Waals surface area contributed by atoms with E-state index >= 15 is 0 Å². The zero-order chi connectivity index (χ0) is 17.7. The van der Waals surface area contributed by atoms with E-state index in [0.717, 1.165) is 12.1 Å². The van der Waals surface area contributed by atoms with Gasteiger partial charge in [-0.05, 0) is 37.3 Å². The second-order valence-corrected chi connectivity index (χ2v) is 4.98. The van der Waals surface area contributed by atoms with Gasteiger partial charge in [-0.1, -0.05) is 24.3 Å². The number of ether oxygens (including phenoxy) is 1. The standard InChI is InChI=1S/C17H14F3NO3/c1-11(24-16(23)12-6-3-2-4-7-12)15(22)21-14-9-5-8-13(10-14)17(18,19)20/h2-11H,1H3,(H,21,22). The zero-order valence-electron chi connectivity index (χ0n) is 12.6. The van der Waals surface area contributed by atoms with Crippen molar-refractivity contribution in [3.8, 4) is 0 Å². The highest BCUT2D eigenvalue weighted by molar-refractivity contribution is 5.97. The Kier molecular flexibility index (Phi) is 5.23. The molecule has 2 rings (SSSR count). The molecule has 0 bridgehead atoms. The summed E-state index contributed by atoms with van der Waals surface area (Å²) in [5.74, 6) is -1.42. The number of carbonyl (C=O) groups is 2. The van der Waals surface area contributed by atoms with Crippen LogP contribution in [0.3, 0.4) is 0 Å². The third-order valence-electron chi connectivity index (χ3n) is 3.12. The third-order valence-corrected chi connectivity index (χ3v) is 3.12. The predicted molar refractivity (Wildman–Crippen MR) is 81.4 cm³/mol. The summed E-state index contributed by atoms with van der Waals surface area (Å²) in [6.45, 7) is 1.34. The third kappa shape index (κ3) is 4.58. The predicted octanol–water partition coefficient (Wildman–Crippen LogP) is 3.89. The maximum atomic E-state index is 12.6. The molecule has 1 N–H and O–H groups in total. The molecule has 24 heavy (non-hydrogen) atoms. The van der Waals surface area contributed by atoms with Gasteiger partial charge < -0.3 is 10.1 Å². The van der Waals surface area contributed by atoms with Crippen molar-refractivity contribution in [1.82, 2.24) is 0 Å². The number of alkyl halides is 3. The molecule has 126 valence electrons. The Morgan fingerprint density at radius 2 is 1.71 bits per heavy atom. The number of hydrogen-bond acceptors (Lipinski definition) is 3. The Bertz CT molecular complexity index is 729. The Hall–Kier alpha value is -2.83. The molecule has 1 unspecified atom stereocenters. The molecule has 0 fully saturated rings. The lowest BCUT2D eigenvalue weighted by molar-refractivity contribution is -0.137. The molecular weight excluding hydrogens is 323 g/mol. The normalized spacial score (nSPS) is 12.3. The molecule has 0 aliphatic rings. The van der Waals surface area contributed by atoms with Gasteiger partial charge in [0.1, 0.15) is 0 Å². The minimum absolute atomic E-state index is 0.0302. The molecule has 1 atom stereocenters. The number of nitrogens with one attached hydrogen (secondary N) is 1. The van der Waals surface area contributed by atoms with Crippen LogP contribution in [0, 0.1) is 0 Å². The van der Waals surface area contributed by atoms with Gasteiger partial charge in [-0.2, -0.15) is 13.2 Å². The molecule has 4 nitrogen and oxygen atoms in total. The van der Waals surface area contributed by atoms with E-state index in [1.54, 1.807) is 18.2 Å². The van der Waals surface area contributed by atoms with E-state index in [4.69, 9.17) is 4.74 Å². The van der Waals surface area contributed by atoms with Gasteiger partial charge in [-0.15, -0.1) is 0 Å². The van der Waals surface area contributed by atoms with Crippen molar-refractivity contribution >= 4 is 17.6 Å². The number of esters is 1. The SMILES string of the molecule is CC(OC(=O)c1ccccc1)C(=O)Nc1cccc(C(F)(F)F)c1. The highest BCUT2D eigenvalue weighted by atomic mass is 19.4. The largest absolute Gasteiger partial charge is 0.449 e. The first-order chi connectivity index (χ1) is 11.3. The molecule has 0 saturated heterocycles. The summed E-state index contributed by atoms with van der Waals surface area (Å²) in [7, 11) is 0. The van der Waals surface area contributed by atoms with Gasteiger partial charge in [0, 0.05) is 5.69 Å². The summed E-state index contributed by atoms with van der Waals surface area (Å²) in [4.78, 5) is 23.8. The lowest BCUT2D eigenvalue weighted by Crippen LogP contribution is -2.30. The lowest BCUT2D eigenvalue weighted by atomic mass is 10.2. The number of carbonyl (C=O) groups excluding carboxylic acids is 2. The summed E-state index contributed by atoms with van der Waals surface area (Å²) in [6.07, 6.45) is -5.67. The fourth-order valence-corrected chi connectivity index (χ4v) is 1.87. The minimum atomic E-state index is -4.51. The first-order valence-corrected chi connectivity index (χ1v) is 7.01. The molecular formula is C17H14F3NO3. The van der Waals surface area contributed by atoms with Gasteiger partial charge in [0.15, 0.2) is 6.10 Å². The first kappa shape index (κ1) is 17.5. The van der Waals surface area contributed by atoms with Crippen molar-refractivity contribution in [2.75, 3.05) is 5.32 Å². The van der Waals surface area contributed by atoms with Crippen LogP contribution in [0.5, 0.6) is 0 Å². The zero-order valence-corrected chi connectivity index (χ0v) is 12.6. The second kappa shape index (κ2) is 7.16. The van der Waals surface area contributed by atoms with Crippen LogP contribution in [0.1, 0.15) is 22.8 Å². The number of rotatable bonds is 4. The minimum Gasteiger partial charge on any atom is -0.449 e. The number of amides is 1. The Morgan fingerprint density at radius 3 is 2.33 bits per heavy atom. The van der Waals surface area contributed by atoms with E-state index in [9.17, 15) is 22.8 Å². The van der Waals surface area contributed by atoms with Crippen LogP contribution in [-0.4, -0.2) is 18.0 Å². The van der Waals surface area contributed by atoms with Crippen molar-refractivity contribution in [2.24, 2.45) is 0 Å². The fraction of sp³-hybridized carbons (Fsp3) is 0.176. The van der Waals surface area contributed by atoms with E-state index in [1.807, 2.05) is 0 Å². The molecule has 0 aliphatic carbocycles. The molecule has 0 saturated carbocycles. The van der Waals surface area contributed by atoms with Crippen molar-refractivity contribution in [3.63, 3.8) is 0 Å². The van der Waals surface area contributed by atoms with Crippen LogP contribution < -0.4 is 5.32 Å².